The molecule has 0 aromatic carbocycles. The molecule has 12 heteroatoms. The van der Waals surface area contributed by atoms with Gasteiger partial charge in [0, 0.05) is 29.8 Å². The first kappa shape index (κ1) is 26.5. The predicted molar refractivity (Wildman–Crippen MR) is 119 cm³/mol. The van der Waals surface area contributed by atoms with Crippen LogP contribution >= 0.6 is 0 Å². The fourth-order valence-corrected chi connectivity index (χ4v) is 7.58. The van der Waals surface area contributed by atoms with Gasteiger partial charge in [0.1, 0.15) is 6.61 Å². The van der Waals surface area contributed by atoms with Gasteiger partial charge in [-0.15, -0.1) is 0 Å². The number of ether oxygens (including phenoxy) is 1. The maximum atomic E-state index is 14.3. The van der Waals surface area contributed by atoms with Crippen LogP contribution in [-0.2, 0) is 9.53 Å². The fraction of sp³-hybridized carbons (Fsp3) is 0.958. The summed E-state index contributed by atoms with van der Waals surface area (Å²) < 4.78 is 76.1. The quantitative estimate of drug-likeness (QED) is 0.464. The van der Waals surface area contributed by atoms with E-state index in [9.17, 15) is 26.7 Å². The summed E-state index contributed by atoms with van der Waals surface area (Å²) in [5.74, 6) is -9.47. The average Bonchev–Trinajstić information content (AvgIpc) is 3.37. The van der Waals surface area contributed by atoms with E-state index in [1.54, 1.807) is 4.90 Å². The monoisotopic (exact) mass is 524 g/mol. The topological polar surface area (TPSA) is 77.1 Å². The van der Waals surface area contributed by atoms with E-state index >= 15 is 0 Å². The van der Waals surface area contributed by atoms with Crippen molar-refractivity contribution >= 4 is 5.91 Å². The van der Waals surface area contributed by atoms with E-state index in [0.717, 1.165) is 25.9 Å². The lowest BCUT2D eigenvalue weighted by molar-refractivity contribution is -0.219. The van der Waals surface area contributed by atoms with Gasteiger partial charge in [0.25, 0.3) is 5.92 Å². The number of likely N-dealkylation sites (tertiary alicyclic amines) is 1. The second kappa shape index (κ2) is 9.59. The zero-order valence-electron chi connectivity index (χ0n) is 20.6. The van der Waals surface area contributed by atoms with Crippen LogP contribution in [0.15, 0.2) is 0 Å². The largest absolute Gasteiger partial charge is 0.392 e. The highest BCUT2D eigenvalue weighted by Crippen LogP contribution is 2.54. The van der Waals surface area contributed by atoms with Crippen molar-refractivity contribution in [2.75, 3.05) is 40.1 Å². The molecule has 0 aromatic heterocycles. The standard InChI is InChI=1S/C24H37F5N4O3/c1-32-13-30-31-20(32)8-22(11-36-12-22)14-3-2-4-16(5-14)33-9-18-17(21(33)35)6-15(23(25,26)10-34)7-19(18)24(27,28)29/h14-20,30-31,34H,2-13H2,1H3. The Bertz CT molecular complexity index is 826. The van der Waals surface area contributed by atoms with Crippen LogP contribution in [0.5, 0.6) is 0 Å². The second-order valence-electron chi connectivity index (χ2n) is 11.8. The van der Waals surface area contributed by atoms with Crippen LogP contribution < -0.4 is 10.9 Å². The maximum Gasteiger partial charge on any atom is 0.392 e. The smallest absolute Gasteiger partial charge is 0.390 e. The van der Waals surface area contributed by atoms with Gasteiger partial charge in [-0.1, -0.05) is 6.42 Å². The van der Waals surface area contributed by atoms with Crippen molar-refractivity contribution in [3.8, 4) is 0 Å². The number of carbonyl (C=O) groups is 1. The molecule has 0 aromatic rings. The Balaban J connectivity index is 1.32. The van der Waals surface area contributed by atoms with Crippen LogP contribution in [0.4, 0.5) is 22.0 Å². The Morgan fingerprint density at radius 1 is 1.14 bits per heavy atom. The lowest BCUT2D eigenvalue weighted by Gasteiger charge is -2.52. The molecular weight excluding hydrogens is 487 g/mol. The summed E-state index contributed by atoms with van der Waals surface area (Å²) in [6, 6.07) is -0.183. The summed E-state index contributed by atoms with van der Waals surface area (Å²) in [4.78, 5) is 17.2. The van der Waals surface area contributed by atoms with Crippen molar-refractivity contribution in [2.24, 2.45) is 35.0 Å². The maximum absolute atomic E-state index is 14.3. The number of nitrogens with one attached hydrogen (secondary N) is 2. The predicted octanol–water partition coefficient (Wildman–Crippen LogP) is 2.57. The van der Waals surface area contributed by atoms with Crippen molar-refractivity contribution in [3.05, 3.63) is 0 Å². The summed E-state index contributed by atoms with van der Waals surface area (Å²) in [6.07, 6.45) is -1.42. The molecule has 36 heavy (non-hydrogen) atoms. The Labute approximate surface area is 208 Å². The number of hydrogen-bond donors (Lipinski definition) is 3. The van der Waals surface area contributed by atoms with Crippen LogP contribution in [-0.4, -0.2) is 85.2 Å². The molecule has 0 spiro atoms. The molecule has 0 radical (unpaired) electrons. The Kier molecular flexibility index (Phi) is 7.06. The number of amides is 1. The molecule has 7 atom stereocenters. The van der Waals surface area contributed by atoms with Crippen LogP contribution in [0, 0.1) is 35.0 Å². The van der Waals surface area contributed by atoms with Crippen molar-refractivity contribution < 1.29 is 36.6 Å². The van der Waals surface area contributed by atoms with Crippen molar-refractivity contribution in [1.82, 2.24) is 20.7 Å². The Morgan fingerprint density at radius 2 is 1.89 bits per heavy atom. The lowest BCUT2D eigenvalue weighted by Crippen LogP contribution is -2.56. The minimum atomic E-state index is -4.67. The third-order valence-electron chi connectivity index (χ3n) is 9.81. The van der Waals surface area contributed by atoms with Gasteiger partial charge in [-0.2, -0.15) is 13.2 Å². The number of rotatable bonds is 6. The molecule has 0 bridgehead atoms. The molecule has 5 rings (SSSR count). The van der Waals surface area contributed by atoms with Gasteiger partial charge in [0.2, 0.25) is 5.91 Å². The number of aliphatic hydroxyl groups is 1. The third kappa shape index (κ3) is 4.65. The molecule has 3 aliphatic heterocycles. The number of alkyl halides is 5. The van der Waals surface area contributed by atoms with Gasteiger partial charge in [-0.3, -0.25) is 9.69 Å². The van der Waals surface area contributed by atoms with Gasteiger partial charge >= 0.3 is 6.18 Å². The molecule has 1 amide bonds. The molecule has 3 saturated heterocycles. The van der Waals surface area contributed by atoms with Crippen molar-refractivity contribution in [2.45, 2.75) is 69.3 Å². The summed E-state index contributed by atoms with van der Waals surface area (Å²) in [6.45, 7) is 0.458. The molecule has 5 fully saturated rings. The number of fused-ring (bicyclic) bond motifs is 1. The SMILES string of the molecule is CN1CNNC1CC1(C2CCCC(N3CC4C(CC(C(F)(F)CO)CC4C(F)(F)F)C3=O)C2)COC1. The van der Waals surface area contributed by atoms with Crippen molar-refractivity contribution in [3.63, 3.8) is 0 Å². The minimum Gasteiger partial charge on any atom is -0.390 e. The Morgan fingerprint density at radius 3 is 2.47 bits per heavy atom. The highest BCUT2D eigenvalue weighted by molar-refractivity contribution is 5.82. The van der Waals surface area contributed by atoms with Gasteiger partial charge in [0.15, 0.2) is 0 Å². The summed E-state index contributed by atoms with van der Waals surface area (Å²) in [5, 5.41) is 9.10. The van der Waals surface area contributed by atoms with E-state index in [-0.39, 0.29) is 36.5 Å². The Hall–Kier alpha value is -1.08. The normalized spacial score (nSPS) is 39.8. The van der Waals surface area contributed by atoms with E-state index in [4.69, 9.17) is 9.84 Å². The third-order valence-corrected chi connectivity index (χ3v) is 9.81. The summed E-state index contributed by atoms with van der Waals surface area (Å²) in [7, 11) is 2.03. The van der Waals surface area contributed by atoms with Crippen LogP contribution in [0.1, 0.15) is 44.9 Å². The van der Waals surface area contributed by atoms with Crippen LogP contribution in [0.3, 0.4) is 0 Å². The second-order valence-corrected chi connectivity index (χ2v) is 11.8. The zero-order chi connectivity index (χ0) is 25.9. The highest BCUT2D eigenvalue weighted by Gasteiger charge is 2.61. The zero-order valence-corrected chi connectivity index (χ0v) is 20.6. The van der Waals surface area contributed by atoms with Crippen molar-refractivity contribution in [1.29, 1.82) is 0 Å². The molecule has 206 valence electrons. The molecule has 3 heterocycles. The molecule has 3 N–H and O–H groups in total. The van der Waals surface area contributed by atoms with E-state index in [1.165, 1.54) is 0 Å². The van der Waals surface area contributed by atoms with E-state index in [2.05, 4.69) is 15.8 Å². The first-order valence-electron chi connectivity index (χ1n) is 13.1. The first-order chi connectivity index (χ1) is 16.9. The molecular formula is C24H37F5N4O3. The molecule has 7 unspecified atom stereocenters. The van der Waals surface area contributed by atoms with Gasteiger partial charge in [-0.25, -0.2) is 19.6 Å². The van der Waals surface area contributed by atoms with Gasteiger partial charge < -0.3 is 14.7 Å². The average molecular weight is 525 g/mol. The van der Waals surface area contributed by atoms with E-state index < -0.39 is 54.7 Å². The molecule has 5 aliphatic rings. The van der Waals surface area contributed by atoms with Crippen LogP contribution in [0.25, 0.3) is 0 Å². The molecule has 7 nitrogen and oxygen atoms in total. The van der Waals surface area contributed by atoms with E-state index in [1.807, 2.05) is 7.05 Å². The van der Waals surface area contributed by atoms with Crippen LogP contribution in [0.2, 0.25) is 0 Å². The summed E-state index contributed by atoms with van der Waals surface area (Å²) in [5.41, 5.74) is 6.38. The summed E-state index contributed by atoms with van der Waals surface area (Å²) >= 11 is 0. The number of halogens is 5. The van der Waals surface area contributed by atoms with Gasteiger partial charge in [0.05, 0.1) is 32.0 Å². The number of hydrazine groups is 1. The lowest BCUT2D eigenvalue weighted by atomic mass is 9.64. The number of hydrogen-bond acceptors (Lipinski definition) is 6. The van der Waals surface area contributed by atoms with E-state index in [0.29, 0.717) is 26.1 Å². The first-order valence-corrected chi connectivity index (χ1v) is 13.1. The number of aliphatic hydroxyl groups excluding tert-OH is 1. The number of nitrogens with zero attached hydrogens (tertiary/aromatic N) is 2. The molecule has 2 aliphatic carbocycles. The van der Waals surface area contributed by atoms with Gasteiger partial charge in [-0.05, 0) is 57.4 Å². The fourth-order valence-electron chi connectivity index (χ4n) is 7.58. The highest BCUT2D eigenvalue weighted by atomic mass is 19.4. The minimum absolute atomic E-state index is 0.0250. The number of carbonyl (C=O) groups excluding carboxylic acids is 1. The molecule has 2 saturated carbocycles.